The third-order valence-electron chi connectivity index (χ3n) is 4.55. The van der Waals surface area contributed by atoms with Crippen LogP contribution in [0.15, 0.2) is 18.3 Å². The highest BCUT2D eigenvalue weighted by Crippen LogP contribution is 2.33. The van der Waals surface area contributed by atoms with Crippen LogP contribution in [0.5, 0.6) is 0 Å². The smallest absolute Gasteiger partial charge is 0.126 e. The highest BCUT2D eigenvalue weighted by molar-refractivity contribution is 5.38. The van der Waals surface area contributed by atoms with E-state index in [-0.39, 0.29) is 0 Å². The summed E-state index contributed by atoms with van der Waals surface area (Å²) in [6, 6.07) is 4.29. The maximum atomic E-state index is 5.93. The van der Waals surface area contributed by atoms with Crippen LogP contribution < -0.4 is 17.0 Å². The van der Waals surface area contributed by atoms with E-state index in [2.05, 4.69) is 17.3 Å². The molecule has 0 spiro atoms. The molecule has 1 aromatic rings. The molecule has 0 aromatic carbocycles. The Morgan fingerprint density at radius 1 is 1.47 bits per heavy atom. The van der Waals surface area contributed by atoms with Crippen LogP contribution in [0.1, 0.15) is 44.6 Å². The fourth-order valence-corrected chi connectivity index (χ4v) is 3.29. The van der Waals surface area contributed by atoms with Crippen LogP contribution in [0.4, 0.5) is 5.82 Å². The largest absolute Gasteiger partial charge is 0.383 e. The Bertz CT molecular complexity index is 393. The van der Waals surface area contributed by atoms with Gasteiger partial charge >= 0.3 is 0 Å². The predicted molar refractivity (Wildman–Crippen MR) is 79.2 cm³/mol. The second-order valence-electron chi connectivity index (χ2n) is 5.73. The lowest BCUT2D eigenvalue weighted by Gasteiger charge is -2.34. The molecular formula is C15H26N4. The number of hydrazine groups is 1. The number of hydrogen-bond acceptors (Lipinski definition) is 4. The molecule has 3 atom stereocenters. The van der Waals surface area contributed by atoms with Gasteiger partial charge in [-0.15, -0.1) is 0 Å². The number of aromatic nitrogens is 1. The summed E-state index contributed by atoms with van der Waals surface area (Å²) in [4.78, 5) is 4.15. The summed E-state index contributed by atoms with van der Waals surface area (Å²) in [5.41, 5.74) is 10.0. The fraction of sp³-hybridized carbons (Fsp3) is 0.667. The Balaban J connectivity index is 2.01. The van der Waals surface area contributed by atoms with Crippen molar-refractivity contribution in [3.63, 3.8) is 0 Å². The Morgan fingerprint density at radius 3 is 3.00 bits per heavy atom. The normalized spacial score (nSPS) is 25.2. The molecule has 19 heavy (non-hydrogen) atoms. The molecule has 106 valence electrons. The van der Waals surface area contributed by atoms with Crippen molar-refractivity contribution < 1.29 is 0 Å². The highest BCUT2D eigenvalue weighted by atomic mass is 15.2. The number of anilines is 1. The number of hydrogen-bond donors (Lipinski definition) is 3. The maximum Gasteiger partial charge on any atom is 0.126 e. The van der Waals surface area contributed by atoms with Gasteiger partial charge in [0.15, 0.2) is 0 Å². The lowest BCUT2D eigenvalue weighted by atomic mass is 9.75. The monoisotopic (exact) mass is 262 g/mol. The minimum Gasteiger partial charge on any atom is -0.383 e. The first-order valence-electron chi connectivity index (χ1n) is 7.40. The van der Waals surface area contributed by atoms with Gasteiger partial charge in [0.2, 0.25) is 0 Å². The Kier molecular flexibility index (Phi) is 5.16. The Morgan fingerprint density at radius 2 is 2.32 bits per heavy atom. The van der Waals surface area contributed by atoms with Crippen LogP contribution in [-0.4, -0.2) is 11.0 Å². The average molecular weight is 262 g/mol. The van der Waals surface area contributed by atoms with E-state index in [9.17, 15) is 0 Å². The molecule has 4 nitrogen and oxygen atoms in total. The number of nitrogens with zero attached hydrogens (tertiary/aromatic N) is 1. The molecule has 1 saturated carbocycles. The molecule has 0 bridgehead atoms. The molecule has 2 rings (SSSR count). The third-order valence-corrected chi connectivity index (χ3v) is 4.55. The van der Waals surface area contributed by atoms with Gasteiger partial charge in [0.25, 0.3) is 0 Å². The molecule has 5 N–H and O–H groups in total. The molecule has 0 radical (unpaired) electrons. The summed E-state index contributed by atoms with van der Waals surface area (Å²) in [5, 5.41) is 0. The van der Waals surface area contributed by atoms with Crippen molar-refractivity contribution in [2.75, 3.05) is 5.73 Å². The molecule has 1 aliphatic carbocycles. The zero-order valence-electron chi connectivity index (χ0n) is 11.8. The van der Waals surface area contributed by atoms with E-state index >= 15 is 0 Å². The van der Waals surface area contributed by atoms with E-state index in [0.717, 1.165) is 17.9 Å². The van der Waals surface area contributed by atoms with Gasteiger partial charge in [-0.1, -0.05) is 32.3 Å². The van der Waals surface area contributed by atoms with Crippen molar-refractivity contribution in [2.24, 2.45) is 17.7 Å². The van der Waals surface area contributed by atoms with E-state index in [4.69, 9.17) is 11.6 Å². The van der Waals surface area contributed by atoms with Crippen molar-refractivity contribution in [3.05, 3.63) is 23.9 Å². The van der Waals surface area contributed by atoms with Gasteiger partial charge in [0.05, 0.1) is 0 Å². The third kappa shape index (κ3) is 3.67. The summed E-state index contributed by atoms with van der Waals surface area (Å²) in [6.45, 7) is 2.29. The first-order valence-corrected chi connectivity index (χ1v) is 7.40. The lowest BCUT2D eigenvalue weighted by Crippen LogP contribution is -2.44. The van der Waals surface area contributed by atoms with Gasteiger partial charge in [0, 0.05) is 12.2 Å². The van der Waals surface area contributed by atoms with Gasteiger partial charge in [-0.05, 0) is 42.7 Å². The number of nitrogens with two attached hydrogens (primary N) is 2. The maximum absolute atomic E-state index is 5.93. The molecule has 0 amide bonds. The number of pyridine rings is 1. The van der Waals surface area contributed by atoms with Gasteiger partial charge in [0.1, 0.15) is 5.82 Å². The first-order chi connectivity index (χ1) is 9.24. The van der Waals surface area contributed by atoms with Crippen LogP contribution in [0, 0.1) is 11.8 Å². The van der Waals surface area contributed by atoms with Crippen LogP contribution in [-0.2, 0) is 6.42 Å². The van der Waals surface area contributed by atoms with E-state index < -0.39 is 0 Å². The second-order valence-corrected chi connectivity index (χ2v) is 5.73. The summed E-state index contributed by atoms with van der Waals surface area (Å²) >= 11 is 0. The van der Waals surface area contributed by atoms with Gasteiger partial charge in [-0.25, -0.2) is 4.98 Å². The SMILES string of the molecule is CCC1CCCC(C(Cc2cccnc2N)NN)C1. The van der Waals surface area contributed by atoms with Crippen LogP contribution in [0.3, 0.4) is 0 Å². The minimum absolute atomic E-state index is 0.306. The molecule has 1 fully saturated rings. The highest BCUT2D eigenvalue weighted by Gasteiger charge is 2.27. The van der Waals surface area contributed by atoms with Gasteiger partial charge in [-0.2, -0.15) is 0 Å². The van der Waals surface area contributed by atoms with Crippen molar-refractivity contribution in [1.82, 2.24) is 10.4 Å². The quantitative estimate of drug-likeness (QED) is 0.562. The zero-order valence-corrected chi connectivity index (χ0v) is 11.8. The molecule has 4 heteroatoms. The summed E-state index contributed by atoms with van der Waals surface area (Å²) < 4.78 is 0. The summed E-state index contributed by atoms with van der Waals surface area (Å²) in [5.74, 6) is 7.93. The van der Waals surface area contributed by atoms with Crippen LogP contribution in [0.2, 0.25) is 0 Å². The standard InChI is InChI=1S/C15H26N4/c1-2-11-5-3-6-12(9-11)14(19-17)10-13-7-4-8-18-15(13)16/h4,7-8,11-12,14,19H,2-3,5-6,9-10,17H2,1H3,(H2,16,18). The molecule has 0 aliphatic heterocycles. The van der Waals surface area contributed by atoms with Gasteiger partial charge in [-0.3, -0.25) is 11.3 Å². The van der Waals surface area contributed by atoms with Crippen LogP contribution >= 0.6 is 0 Å². The number of rotatable bonds is 5. The van der Waals surface area contributed by atoms with E-state index in [1.165, 1.54) is 32.1 Å². The molecule has 3 unspecified atom stereocenters. The first kappa shape index (κ1) is 14.3. The topological polar surface area (TPSA) is 77.0 Å². The van der Waals surface area contributed by atoms with Crippen molar-refractivity contribution in [2.45, 2.75) is 51.5 Å². The van der Waals surface area contributed by atoms with Crippen molar-refractivity contribution in [1.29, 1.82) is 0 Å². The van der Waals surface area contributed by atoms with Crippen LogP contribution in [0.25, 0.3) is 0 Å². The molecule has 1 aliphatic rings. The minimum atomic E-state index is 0.306. The Hall–Kier alpha value is -1.13. The fourth-order valence-electron chi connectivity index (χ4n) is 3.29. The Labute approximate surface area is 115 Å². The van der Waals surface area contributed by atoms with E-state index in [1.54, 1.807) is 6.20 Å². The van der Waals surface area contributed by atoms with Crippen molar-refractivity contribution in [3.8, 4) is 0 Å². The predicted octanol–water partition coefficient (Wildman–Crippen LogP) is 2.25. The van der Waals surface area contributed by atoms with Crippen molar-refractivity contribution >= 4 is 5.82 Å². The summed E-state index contributed by atoms with van der Waals surface area (Å²) in [7, 11) is 0. The van der Waals surface area contributed by atoms with Gasteiger partial charge < -0.3 is 5.73 Å². The lowest BCUT2D eigenvalue weighted by molar-refractivity contribution is 0.208. The summed E-state index contributed by atoms with van der Waals surface area (Å²) in [6.07, 6.45) is 9.14. The molecule has 0 saturated heterocycles. The molecular weight excluding hydrogens is 236 g/mol. The van der Waals surface area contributed by atoms with E-state index in [1.807, 2.05) is 12.1 Å². The average Bonchev–Trinajstić information content (AvgIpc) is 2.46. The van der Waals surface area contributed by atoms with E-state index in [0.29, 0.717) is 17.8 Å². The zero-order chi connectivity index (χ0) is 13.7. The number of nitrogen functional groups attached to an aromatic ring is 1. The second kappa shape index (κ2) is 6.87. The molecule has 1 heterocycles. The molecule has 1 aromatic heterocycles. The number of nitrogens with one attached hydrogen (secondary N) is 1.